The molecule has 0 bridgehead atoms. The summed E-state index contributed by atoms with van der Waals surface area (Å²) in [5.74, 6) is -0.869. The topological polar surface area (TPSA) is 83.6 Å². The molecular formula is C10H13FN2O3S. The second-order valence-electron chi connectivity index (χ2n) is 3.96. The molecule has 7 heteroatoms. The zero-order valence-corrected chi connectivity index (χ0v) is 9.82. The summed E-state index contributed by atoms with van der Waals surface area (Å²) in [5.41, 5.74) is 5.38. The molecule has 0 unspecified atom stereocenters. The quantitative estimate of drug-likeness (QED) is 0.742. The summed E-state index contributed by atoms with van der Waals surface area (Å²) in [7, 11) is -3.96. The van der Waals surface area contributed by atoms with Crippen molar-refractivity contribution in [3.05, 3.63) is 24.0 Å². The molecule has 0 aromatic heterocycles. The number of nitrogens with zero attached hydrogens (tertiary/aromatic N) is 1. The highest BCUT2D eigenvalue weighted by Gasteiger charge is 2.34. The van der Waals surface area contributed by atoms with E-state index in [4.69, 9.17) is 5.73 Å². The van der Waals surface area contributed by atoms with Crippen molar-refractivity contribution in [1.82, 2.24) is 4.31 Å². The van der Waals surface area contributed by atoms with Gasteiger partial charge in [-0.05, 0) is 18.6 Å². The molecule has 0 aliphatic carbocycles. The lowest BCUT2D eigenvalue weighted by Crippen LogP contribution is -2.31. The summed E-state index contributed by atoms with van der Waals surface area (Å²) in [4.78, 5) is -0.505. The summed E-state index contributed by atoms with van der Waals surface area (Å²) < 4.78 is 38.8. The minimum atomic E-state index is -3.96. The van der Waals surface area contributed by atoms with Gasteiger partial charge in [0, 0.05) is 13.1 Å². The van der Waals surface area contributed by atoms with Gasteiger partial charge in [0.05, 0.1) is 11.8 Å². The van der Waals surface area contributed by atoms with E-state index in [1.54, 1.807) is 0 Å². The standard InChI is InChI=1S/C10H13FN2O3S/c11-8-2-1-3-9(12)10(8)17(15,16)13-5-4-7(14)6-13/h1-3,7,14H,4-6,12H2/t7-/m0/s1. The average Bonchev–Trinajstić information content (AvgIpc) is 2.64. The van der Waals surface area contributed by atoms with Gasteiger partial charge in [-0.3, -0.25) is 0 Å². The van der Waals surface area contributed by atoms with E-state index in [1.807, 2.05) is 0 Å². The lowest BCUT2D eigenvalue weighted by molar-refractivity contribution is 0.189. The normalized spacial score (nSPS) is 21.9. The molecule has 0 saturated carbocycles. The van der Waals surface area contributed by atoms with E-state index in [-0.39, 0.29) is 18.8 Å². The Kier molecular flexibility index (Phi) is 3.07. The first kappa shape index (κ1) is 12.3. The first-order chi connectivity index (χ1) is 7.93. The summed E-state index contributed by atoms with van der Waals surface area (Å²) in [6.07, 6.45) is -0.342. The molecule has 1 aliphatic rings. The van der Waals surface area contributed by atoms with Crippen molar-refractivity contribution in [1.29, 1.82) is 0 Å². The number of β-amino-alcohol motifs (C(OH)–C–C–N with tert-alkyl or cyclic N) is 1. The van der Waals surface area contributed by atoms with Crippen molar-refractivity contribution in [2.24, 2.45) is 0 Å². The highest BCUT2D eigenvalue weighted by molar-refractivity contribution is 7.89. The van der Waals surface area contributed by atoms with Gasteiger partial charge in [0.25, 0.3) is 0 Å². The van der Waals surface area contributed by atoms with Gasteiger partial charge in [-0.15, -0.1) is 0 Å². The van der Waals surface area contributed by atoms with Crippen molar-refractivity contribution in [2.45, 2.75) is 17.4 Å². The van der Waals surface area contributed by atoms with Crippen LogP contribution in [0.1, 0.15) is 6.42 Å². The molecule has 2 rings (SSSR count). The molecule has 1 aromatic rings. The molecule has 0 amide bonds. The van der Waals surface area contributed by atoms with Gasteiger partial charge in [0.15, 0.2) is 0 Å². The number of rotatable bonds is 2. The molecule has 5 nitrogen and oxygen atoms in total. The van der Waals surface area contributed by atoms with Crippen LogP contribution in [0.5, 0.6) is 0 Å². The molecule has 1 atom stereocenters. The van der Waals surface area contributed by atoms with Gasteiger partial charge in [-0.1, -0.05) is 6.07 Å². The van der Waals surface area contributed by atoms with Crippen LogP contribution in [-0.4, -0.2) is 37.0 Å². The number of hydrogen-bond donors (Lipinski definition) is 2. The summed E-state index contributed by atoms with van der Waals surface area (Å²) in [5, 5.41) is 9.32. The second-order valence-corrected chi connectivity index (χ2v) is 5.84. The molecule has 1 heterocycles. The van der Waals surface area contributed by atoms with Crippen LogP contribution in [0.4, 0.5) is 10.1 Å². The van der Waals surface area contributed by atoms with Crippen LogP contribution in [-0.2, 0) is 10.0 Å². The van der Waals surface area contributed by atoms with Crippen LogP contribution in [0.3, 0.4) is 0 Å². The molecule has 1 aliphatic heterocycles. The fraction of sp³-hybridized carbons (Fsp3) is 0.400. The Morgan fingerprint density at radius 3 is 2.71 bits per heavy atom. The van der Waals surface area contributed by atoms with Crippen molar-refractivity contribution in [3.63, 3.8) is 0 Å². The number of benzene rings is 1. The molecule has 0 radical (unpaired) electrons. The maximum atomic E-state index is 13.5. The van der Waals surface area contributed by atoms with Gasteiger partial charge in [0.1, 0.15) is 10.7 Å². The Balaban J connectivity index is 2.45. The Bertz CT molecular complexity index is 512. The first-order valence-electron chi connectivity index (χ1n) is 5.15. The lowest BCUT2D eigenvalue weighted by atomic mass is 10.3. The van der Waals surface area contributed by atoms with Crippen LogP contribution in [0.2, 0.25) is 0 Å². The zero-order valence-electron chi connectivity index (χ0n) is 9.01. The minimum absolute atomic E-state index is 0.0178. The monoisotopic (exact) mass is 260 g/mol. The molecule has 17 heavy (non-hydrogen) atoms. The number of aliphatic hydroxyl groups is 1. The first-order valence-corrected chi connectivity index (χ1v) is 6.59. The summed E-state index contributed by atoms with van der Waals surface area (Å²) in [6, 6.07) is 3.74. The largest absolute Gasteiger partial charge is 0.398 e. The number of halogens is 1. The Labute approximate surface area is 98.7 Å². The van der Waals surface area contributed by atoms with E-state index in [0.717, 1.165) is 10.4 Å². The second kappa shape index (κ2) is 4.25. The molecule has 3 N–H and O–H groups in total. The fourth-order valence-corrected chi connectivity index (χ4v) is 3.51. The number of sulfonamides is 1. The molecule has 1 saturated heterocycles. The smallest absolute Gasteiger partial charge is 0.248 e. The minimum Gasteiger partial charge on any atom is -0.398 e. The zero-order chi connectivity index (χ0) is 12.6. The molecule has 1 aromatic carbocycles. The third-order valence-electron chi connectivity index (χ3n) is 2.72. The van der Waals surface area contributed by atoms with Crippen LogP contribution in [0, 0.1) is 5.82 Å². The van der Waals surface area contributed by atoms with Crippen molar-refractivity contribution in [3.8, 4) is 0 Å². The average molecular weight is 260 g/mol. The number of hydrogen-bond acceptors (Lipinski definition) is 4. The van der Waals surface area contributed by atoms with Gasteiger partial charge >= 0.3 is 0 Å². The van der Waals surface area contributed by atoms with E-state index in [9.17, 15) is 17.9 Å². The Morgan fingerprint density at radius 2 is 2.18 bits per heavy atom. The number of nitrogens with two attached hydrogens (primary N) is 1. The molecule has 94 valence electrons. The van der Waals surface area contributed by atoms with Crippen LogP contribution >= 0.6 is 0 Å². The van der Waals surface area contributed by atoms with Gasteiger partial charge in [-0.25, -0.2) is 12.8 Å². The van der Waals surface area contributed by atoms with E-state index in [2.05, 4.69) is 0 Å². The summed E-state index contributed by atoms with van der Waals surface area (Å²) >= 11 is 0. The van der Waals surface area contributed by atoms with Crippen LogP contribution in [0.15, 0.2) is 23.1 Å². The van der Waals surface area contributed by atoms with Gasteiger partial charge in [0.2, 0.25) is 10.0 Å². The van der Waals surface area contributed by atoms with Crippen molar-refractivity contribution < 1.29 is 17.9 Å². The lowest BCUT2D eigenvalue weighted by Gasteiger charge is -2.17. The predicted octanol–water partition coefficient (Wildman–Crippen LogP) is 0.163. The molecule has 0 spiro atoms. The van der Waals surface area contributed by atoms with E-state index in [0.29, 0.717) is 6.42 Å². The number of aliphatic hydroxyl groups excluding tert-OH is 1. The highest BCUT2D eigenvalue weighted by atomic mass is 32.2. The molecular weight excluding hydrogens is 247 g/mol. The Morgan fingerprint density at radius 1 is 1.47 bits per heavy atom. The summed E-state index contributed by atoms with van der Waals surface area (Å²) in [6.45, 7) is 0.160. The fourth-order valence-electron chi connectivity index (χ4n) is 1.86. The van der Waals surface area contributed by atoms with E-state index >= 15 is 0 Å². The van der Waals surface area contributed by atoms with Crippen LogP contribution in [0.25, 0.3) is 0 Å². The van der Waals surface area contributed by atoms with Gasteiger partial charge < -0.3 is 10.8 Å². The van der Waals surface area contributed by atoms with Crippen molar-refractivity contribution in [2.75, 3.05) is 18.8 Å². The predicted molar refractivity (Wildman–Crippen MR) is 60.2 cm³/mol. The van der Waals surface area contributed by atoms with Crippen LogP contribution < -0.4 is 5.73 Å². The van der Waals surface area contributed by atoms with Gasteiger partial charge in [-0.2, -0.15) is 4.31 Å². The SMILES string of the molecule is Nc1cccc(F)c1S(=O)(=O)N1CC[C@H](O)C1. The van der Waals surface area contributed by atoms with Crippen molar-refractivity contribution >= 4 is 15.7 Å². The maximum absolute atomic E-state index is 13.5. The maximum Gasteiger partial charge on any atom is 0.248 e. The van der Waals surface area contributed by atoms with E-state index in [1.165, 1.54) is 12.1 Å². The third-order valence-corrected chi connectivity index (χ3v) is 4.68. The number of anilines is 1. The Hall–Kier alpha value is -1.18. The van der Waals surface area contributed by atoms with E-state index < -0.39 is 26.8 Å². The third kappa shape index (κ3) is 2.13. The number of nitrogen functional groups attached to an aromatic ring is 1. The molecule has 1 fully saturated rings. The highest BCUT2D eigenvalue weighted by Crippen LogP contribution is 2.27.